The third-order valence-electron chi connectivity index (χ3n) is 4.96. The van der Waals surface area contributed by atoms with Gasteiger partial charge in [0.2, 0.25) is 12.7 Å². The number of hydrogen-bond acceptors (Lipinski definition) is 6. The molecule has 0 spiro atoms. The van der Waals surface area contributed by atoms with Crippen molar-refractivity contribution in [2.75, 3.05) is 39.5 Å². The Morgan fingerprint density at radius 1 is 1.07 bits per heavy atom. The molecule has 0 saturated carbocycles. The normalized spacial score (nSPS) is 16.7. The fraction of sp³-hybridized carbons (Fsp3) is 0.450. The van der Waals surface area contributed by atoms with Crippen LogP contribution >= 0.6 is 0 Å². The lowest BCUT2D eigenvalue weighted by molar-refractivity contribution is -0.132. The van der Waals surface area contributed by atoms with Crippen molar-refractivity contribution < 1.29 is 18.7 Å². The van der Waals surface area contributed by atoms with Gasteiger partial charge in [-0.25, -0.2) is 0 Å². The summed E-state index contributed by atoms with van der Waals surface area (Å²) in [5.74, 6) is 2.74. The van der Waals surface area contributed by atoms with Gasteiger partial charge in [-0.2, -0.15) is 0 Å². The summed E-state index contributed by atoms with van der Waals surface area (Å²) in [6.07, 6.45) is 2.17. The topological polar surface area (TPSA) is 67.2 Å². The largest absolute Gasteiger partial charge is 0.468 e. The molecule has 7 nitrogen and oxygen atoms in total. The van der Waals surface area contributed by atoms with Gasteiger partial charge in [-0.3, -0.25) is 9.69 Å². The zero-order chi connectivity index (χ0) is 18.5. The summed E-state index contributed by atoms with van der Waals surface area (Å²) >= 11 is 0. The highest BCUT2D eigenvalue weighted by Gasteiger charge is 2.21. The van der Waals surface area contributed by atoms with E-state index < -0.39 is 0 Å². The number of fused-ring (bicyclic) bond motifs is 1. The molecule has 144 valence electrons. The van der Waals surface area contributed by atoms with Crippen molar-refractivity contribution >= 4 is 5.91 Å². The zero-order valence-corrected chi connectivity index (χ0v) is 15.4. The van der Waals surface area contributed by atoms with Crippen molar-refractivity contribution in [3.63, 3.8) is 0 Å². The lowest BCUT2D eigenvalue weighted by Crippen LogP contribution is -2.48. The number of ether oxygens (including phenoxy) is 2. The maximum Gasteiger partial charge on any atom is 0.231 e. The van der Waals surface area contributed by atoms with E-state index in [-0.39, 0.29) is 5.91 Å². The van der Waals surface area contributed by atoms with Crippen LogP contribution in [0.2, 0.25) is 0 Å². The predicted octanol–water partition coefficient (Wildman–Crippen LogP) is 1.83. The molecule has 2 aromatic rings. The average Bonchev–Trinajstić information content (AvgIpc) is 3.37. The third kappa shape index (κ3) is 4.61. The Bertz CT molecular complexity index is 755. The van der Waals surface area contributed by atoms with Crippen molar-refractivity contribution in [1.29, 1.82) is 0 Å². The molecule has 2 aliphatic heterocycles. The minimum Gasteiger partial charge on any atom is -0.468 e. The highest BCUT2D eigenvalue weighted by molar-refractivity contribution is 5.76. The monoisotopic (exact) mass is 371 g/mol. The zero-order valence-electron chi connectivity index (χ0n) is 15.4. The standard InChI is InChI=1S/C20H25N3O4/c24-20(5-6-21-13-17-2-1-11-25-17)23-9-7-22(8-10-23)14-16-3-4-18-19(12-16)27-15-26-18/h1-4,11-12,21H,5-10,13-15H2. The fourth-order valence-electron chi connectivity index (χ4n) is 3.43. The van der Waals surface area contributed by atoms with Crippen LogP contribution in [-0.4, -0.2) is 55.2 Å². The Morgan fingerprint density at radius 3 is 2.74 bits per heavy atom. The molecular formula is C20H25N3O4. The van der Waals surface area contributed by atoms with Gasteiger partial charge in [0.1, 0.15) is 5.76 Å². The van der Waals surface area contributed by atoms with Crippen molar-refractivity contribution in [2.24, 2.45) is 0 Å². The van der Waals surface area contributed by atoms with E-state index in [1.807, 2.05) is 29.2 Å². The number of carbonyl (C=O) groups excluding carboxylic acids is 1. The van der Waals surface area contributed by atoms with Gasteiger partial charge in [0.15, 0.2) is 11.5 Å². The van der Waals surface area contributed by atoms with Crippen molar-refractivity contribution in [1.82, 2.24) is 15.1 Å². The number of piperazine rings is 1. The summed E-state index contributed by atoms with van der Waals surface area (Å²) in [5.41, 5.74) is 1.21. The van der Waals surface area contributed by atoms with E-state index >= 15 is 0 Å². The first-order valence-electron chi connectivity index (χ1n) is 9.40. The molecule has 1 N–H and O–H groups in total. The first-order valence-corrected chi connectivity index (χ1v) is 9.40. The number of hydrogen-bond donors (Lipinski definition) is 1. The number of carbonyl (C=O) groups is 1. The Kier molecular flexibility index (Phi) is 5.60. The number of rotatable bonds is 7. The smallest absolute Gasteiger partial charge is 0.231 e. The molecule has 0 atom stereocenters. The number of nitrogens with one attached hydrogen (secondary N) is 1. The first-order chi connectivity index (χ1) is 13.3. The Labute approximate surface area is 158 Å². The summed E-state index contributed by atoms with van der Waals surface area (Å²) in [6.45, 7) is 5.82. The molecule has 2 aliphatic rings. The molecule has 0 unspecified atom stereocenters. The number of amides is 1. The van der Waals surface area contributed by atoms with Crippen LogP contribution in [0.1, 0.15) is 17.7 Å². The van der Waals surface area contributed by atoms with Crippen LogP contribution in [0.3, 0.4) is 0 Å². The molecule has 3 heterocycles. The summed E-state index contributed by atoms with van der Waals surface area (Å²) in [7, 11) is 0. The van der Waals surface area contributed by atoms with Gasteiger partial charge in [-0.15, -0.1) is 0 Å². The molecule has 7 heteroatoms. The van der Waals surface area contributed by atoms with Crippen molar-refractivity contribution in [2.45, 2.75) is 19.5 Å². The van der Waals surface area contributed by atoms with E-state index in [0.717, 1.165) is 50.0 Å². The molecule has 0 bridgehead atoms. The van der Waals surface area contributed by atoms with E-state index in [4.69, 9.17) is 13.9 Å². The first kappa shape index (κ1) is 17.9. The van der Waals surface area contributed by atoms with Crippen LogP contribution in [0.4, 0.5) is 0 Å². The number of nitrogens with zero attached hydrogens (tertiary/aromatic N) is 2. The summed E-state index contributed by atoms with van der Waals surface area (Å²) < 4.78 is 16.1. The second-order valence-electron chi connectivity index (χ2n) is 6.85. The van der Waals surface area contributed by atoms with E-state index in [2.05, 4.69) is 16.3 Å². The minimum absolute atomic E-state index is 0.213. The van der Waals surface area contributed by atoms with Gasteiger partial charge < -0.3 is 24.1 Å². The molecule has 1 saturated heterocycles. The SMILES string of the molecule is O=C(CCNCc1ccco1)N1CCN(Cc2ccc3c(c2)OCO3)CC1. The van der Waals surface area contributed by atoms with Crippen molar-refractivity contribution in [3.05, 3.63) is 47.9 Å². The van der Waals surface area contributed by atoms with Crippen molar-refractivity contribution in [3.8, 4) is 11.5 Å². The quantitative estimate of drug-likeness (QED) is 0.749. The molecule has 27 heavy (non-hydrogen) atoms. The Morgan fingerprint density at radius 2 is 1.93 bits per heavy atom. The van der Waals surface area contributed by atoms with E-state index in [9.17, 15) is 4.79 Å². The highest BCUT2D eigenvalue weighted by Crippen LogP contribution is 2.32. The van der Waals surface area contributed by atoms with Gasteiger partial charge in [0, 0.05) is 45.7 Å². The molecular weight excluding hydrogens is 346 g/mol. The second-order valence-corrected chi connectivity index (χ2v) is 6.85. The van der Waals surface area contributed by atoms with E-state index in [1.165, 1.54) is 5.56 Å². The molecule has 1 aromatic carbocycles. The maximum absolute atomic E-state index is 12.4. The summed E-state index contributed by atoms with van der Waals surface area (Å²) in [4.78, 5) is 16.7. The van der Waals surface area contributed by atoms with Gasteiger partial charge in [0.25, 0.3) is 0 Å². The summed E-state index contributed by atoms with van der Waals surface area (Å²) in [5, 5.41) is 3.25. The molecule has 0 radical (unpaired) electrons. The molecule has 4 rings (SSSR count). The van der Waals surface area contributed by atoms with Crippen LogP contribution in [0.25, 0.3) is 0 Å². The summed E-state index contributed by atoms with van der Waals surface area (Å²) in [6, 6.07) is 9.88. The Balaban J connectivity index is 1.16. The lowest BCUT2D eigenvalue weighted by Gasteiger charge is -2.34. The van der Waals surface area contributed by atoms with E-state index in [0.29, 0.717) is 26.3 Å². The molecule has 1 amide bonds. The third-order valence-corrected chi connectivity index (χ3v) is 4.96. The Hall–Kier alpha value is -2.51. The van der Waals surface area contributed by atoms with Gasteiger partial charge in [0.05, 0.1) is 12.8 Å². The van der Waals surface area contributed by atoms with Gasteiger partial charge in [-0.05, 0) is 29.8 Å². The molecule has 0 aliphatic carbocycles. The minimum atomic E-state index is 0.213. The maximum atomic E-state index is 12.4. The van der Waals surface area contributed by atoms with Crippen LogP contribution in [0.5, 0.6) is 11.5 Å². The fourth-order valence-corrected chi connectivity index (χ4v) is 3.43. The van der Waals surface area contributed by atoms with E-state index in [1.54, 1.807) is 6.26 Å². The predicted molar refractivity (Wildman–Crippen MR) is 99.5 cm³/mol. The lowest BCUT2D eigenvalue weighted by atomic mass is 10.1. The van der Waals surface area contributed by atoms with Crippen LogP contribution in [0.15, 0.2) is 41.0 Å². The second kappa shape index (κ2) is 8.45. The number of benzene rings is 1. The molecule has 1 fully saturated rings. The number of furan rings is 1. The molecule has 1 aromatic heterocycles. The highest BCUT2D eigenvalue weighted by atomic mass is 16.7. The van der Waals surface area contributed by atoms with Gasteiger partial charge >= 0.3 is 0 Å². The van der Waals surface area contributed by atoms with Crippen LogP contribution < -0.4 is 14.8 Å². The van der Waals surface area contributed by atoms with Gasteiger partial charge in [-0.1, -0.05) is 6.07 Å². The van der Waals surface area contributed by atoms with Crippen LogP contribution in [0, 0.1) is 0 Å². The van der Waals surface area contributed by atoms with Crippen LogP contribution in [-0.2, 0) is 17.9 Å². The average molecular weight is 371 g/mol.